The third-order valence-electron chi connectivity index (χ3n) is 4.70. The molecule has 4 rings (SSSR count). The molecule has 0 atom stereocenters. The Kier molecular flexibility index (Phi) is 5.74. The number of carbonyl (C=O) groups excluding carboxylic acids is 1. The average Bonchev–Trinajstić information content (AvgIpc) is 3.49. The van der Waals surface area contributed by atoms with Gasteiger partial charge in [-0.05, 0) is 36.6 Å². The Bertz CT molecular complexity index is 1070. The topological polar surface area (TPSA) is 97.2 Å². The van der Waals surface area contributed by atoms with Crippen LogP contribution >= 0.6 is 11.3 Å². The summed E-state index contributed by atoms with van der Waals surface area (Å²) in [5.41, 5.74) is 0.880. The maximum absolute atomic E-state index is 12.6. The number of sulfonamides is 1. The largest absolute Gasteiger partial charge is 0.352 e. The first-order chi connectivity index (χ1) is 14.0. The van der Waals surface area contributed by atoms with Gasteiger partial charge in [0.2, 0.25) is 5.91 Å². The van der Waals surface area contributed by atoms with Crippen molar-refractivity contribution in [2.75, 3.05) is 13.1 Å². The third-order valence-corrected chi connectivity index (χ3v) is 8.15. The van der Waals surface area contributed by atoms with Gasteiger partial charge in [-0.1, -0.05) is 6.07 Å². The van der Waals surface area contributed by atoms with Gasteiger partial charge in [0.15, 0.2) is 0 Å². The summed E-state index contributed by atoms with van der Waals surface area (Å²) in [6.07, 6.45) is 8.83. The van der Waals surface area contributed by atoms with Gasteiger partial charge in [0.25, 0.3) is 10.0 Å². The van der Waals surface area contributed by atoms with E-state index in [0.717, 1.165) is 29.1 Å². The number of imidazole rings is 1. The van der Waals surface area contributed by atoms with Crippen LogP contribution in [0.2, 0.25) is 0 Å². The molecule has 29 heavy (non-hydrogen) atoms. The molecule has 3 aromatic heterocycles. The highest BCUT2D eigenvalue weighted by atomic mass is 32.2. The van der Waals surface area contributed by atoms with Crippen LogP contribution in [-0.4, -0.2) is 46.3 Å². The second-order valence-electron chi connectivity index (χ2n) is 6.78. The Balaban J connectivity index is 1.31. The van der Waals surface area contributed by atoms with Gasteiger partial charge in [-0.25, -0.2) is 18.4 Å². The fourth-order valence-corrected chi connectivity index (χ4v) is 6.16. The van der Waals surface area contributed by atoms with Gasteiger partial charge in [-0.2, -0.15) is 4.31 Å². The Hall–Kier alpha value is -2.56. The van der Waals surface area contributed by atoms with Gasteiger partial charge in [0.05, 0.1) is 6.42 Å². The quantitative estimate of drug-likeness (QED) is 0.617. The summed E-state index contributed by atoms with van der Waals surface area (Å²) < 4.78 is 28.8. The number of thiophene rings is 1. The molecule has 152 valence electrons. The van der Waals surface area contributed by atoms with Crippen LogP contribution in [0.4, 0.5) is 0 Å². The van der Waals surface area contributed by atoms with Crippen molar-refractivity contribution in [3.63, 3.8) is 0 Å². The van der Waals surface area contributed by atoms with Crippen LogP contribution in [0.15, 0.2) is 53.4 Å². The van der Waals surface area contributed by atoms with E-state index in [1.807, 2.05) is 18.3 Å². The van der Waals surface area contributed by atoms with Crippen molar-refractivity contribution in [2.24, 2.45) is 0 Å². The number of hydrogen-bond acceptors (Lipinski definition) is 6. The van der Waals surface area contributed by atoms with Crippen molar-refractivity contribution in [1.82, 2.24) is 24.2 Å². The molecule has 1 saturated heterocycles. The van der Waals surface area contributed by atoms with Gasteiger partial charge in [0, 0.05) is 43.1 Å². The molecule has 0 bridgehead atoms. The Labute approximate surface area is 173 Å². The molecule has 0 radical (unpaired) electrons. The summed E-state index contributed by atoms with van der Waals surface area (Å²) in [6.45, 7) is 1.51. The second-order valence-corrected chi connectivity index (χ2v) is 10.1. The molecule has 1 N–H and O–H groups in total. The molecule has 10 heteroatoms. The number of carbonyl (C=O) groups is 1. The maximum atomic E-state index is 12.6. The van der Waals surface area contributed by atoms with Crippen molar-refractivity contribution >= 4 is 27.3 Å². The summed E-state index contributed by atoms with van der Waals surface area (Å²) in [5.74, 6) is 0.596. The number of hydrogen-bond donors (Lipinski definition) is 1. The van der Waals surface area contributed by atoms with Gasteiger partial charge >= 0.3 is 0 Å². The van der Waals surface area contributed by atoms with E-state index in [9.17, 15) is 13.2 Å². The van der Waals surface area contributed by atoms with E-state index in [2.05, 4.69) is 15.3 Å². The van der Waals surface area contributed by atoms with E-state index in [1.54, 1.807) is 35.4 Å². The minimum Gasteiger partial charge on any atom is -0.352 e. The lowest BCUT2D eigenvalue weighted by Crippen LogP contribution is -2.27. The van der Waals surface area contributed by atoms with E-state index < -0.39 is 10.0 Å². The minimum absolute atomic E-state index is 0.154. The zero-order chi connectivity index (χ0) is 20.3. The zero-order valence-electron chi connectivity index (χ0n) is 15.7. The predicted octanol–water partition coefficient (Wildman–Crippen LogP) is 1.97. The first-order valence-electron chi connectivity index (χ1n) is 9.31. The minimum atomic E-state index is -3.43. The van der Waals surface area contributed by atoms with E-state index in [0.29, 0.717) is 23.8 Å². The smallest absolute Gasteiger partial charge is 0.252 e. The van der Waals surface area contributed by atoms with Gasteiger partial charge in [-0.3, -0.25) is 9.36 Å². The molecule has 3 aromatic rings. The first-order valence-corrected chi connectivity index (χ1v) is 11.6. The van der Waals surface area contributed by atoms with Gasteiger partial charge in [-0.15, -0.1) is 11.3 Å². The Morgan fingerprint density at radius 1 is 1.17 bits per heavy atom. The molecule has 0 aromatic carbocycles. The molecule has 0 spiro atoms. The van der Waals surface area contributed by atoms with Gasteiger partial charge < -0.3 is 5.32 Å². The summed E-state index contributed by atoms with van der Waals surface area (Å²) in [5, 5.41) is 2.85. The second kappa shape index (κ2) is 8.44. The fourth-order valence-electron chi connectivity index (χ4n) is 3.14. The summed E-state index contributed by atoms with van der Waals surface area (Å²) in [7, 11) is -3.43. The van der Waals surface area contributed by atoms with Crippen molar-refractivity contribution in [2.45, 2.75) is 30.0 Å². The molecule has 8 nitrogen and oxygen atoms in total. The summed E-state index contributed by atoms with van der Waals surface area (Å²) in [6, 6.07) is 7.07. The first kappa shape index (κ1) is 19.7. The Morgan fingerprint density at radius 2 is 2.00 bits per heavy atom. The van der Waals surface area contributed by atoms with Crippen molar-refractivity contribution in [1.29, 1.82) is 0 Å². The summed E-state index contributed by atoms with van der Waals surface area (Å²) >= 11 is 1.17. The number of nitrogens with zero attached hydrogens (tertiary/aromatic N) is 4. The summed E-state index contributed by atoms with van der Waals surface area (Å²) in [4.78, 5) is 21.3. The van der Waals surface area contributed by atoms with Crippen LogP contribution in [0, 0.1) is 0 Å². The molecule has 1 aliphatic heterocycles. The number of aromatic nitrogens is 3. The lowest BCUT2D eigenvalue weighted by Gasteiger charge is -2.13. The van der Waals surface area contributed by atoms with Crippen LogP contribution in [0.3, 0.4) is 0 Å². The van der Waals surface area contributed by atoms with Crippen molar-refractivity contribution in [3.05, 3.63) is 59.6 Å². The maximum Gasteiger partial charge on any atom is 0.252 e. The normalized spacial score (nSPS) is 14.9. The third kappa shape index (κ3) is 4.55. The SMILES string of the molecule is O=C(Cc1ccc(S(=O)(=O)N2CCCC2)s1)NCc1ccc(-n2ccnc2)nc1. The number of pyridine rings is 1. The van der Waals surface area contributed by atoms with E-state index in [1.165, 1.54) is 15.6 Å². The monoisotopic (exact) mass is 431 g/mol. The van der Waals surface area contributed by atoms with Crippen LogP contribution < -0.4 is 5.32 Å². The highest BCUT2D eigenvalue weighted by Crippen LogP contribution is 2.27. The molecular weight excluding hydrogens is 410 g/mol. The molecule has 0 unspecified atom stereocenters. The zero-order valence-corrected chi connectivity index (χ0v) is 17.3. The van der Waals surface area contributed by atoms with Gasteiger partial charge in [0.1, 0.15) is 16.4 Å². The van der Waals surface area contributed by atoms with Crippen molar-refractivity contribution < 1.29 is 13.2 Å². The molecule has 1 fully saturated rings. The molecule has 1 amide bonds. The fraction of sp³-hybridized carbons (Fsp3) is 0.316. The lowest BCUT2D eigenvalue weighted by molar-refractivity contribution is -0.120. The van der Waals surface area contributed by atoms with Crippen molar-refractivity contribution in [3.8, 4) is 5.82 Å². The number of rotatable bonds is 7. The Morgan fingerprint density at radius 3 is 2.69 bits per heavy atom. The number of nitrogens with one attached hydrogen (secondary N) is 1. The highest BCUT2D eigenvalue weighted by molar-refractivity contribution is 7.91. The molecule has 0 saturated carbocycles. The molecule has 0 aliphatic carbocycles. The lowest BCUT2D eigenvalue weighted by atomic mass is 10.2. The molecule has 1 aliphatic rings. The van der Waals surface area contributed by atoms with Crippen LogP contribution in [0.1, 0.15) is 23.3 Å². The average molecular weight is 432 g/mol. The molecule has 4 heterocycles. The van der Waals surface area contributed by atoms with E-state index in [-0.39, 0.29) is 12.3 Å². The predicted molar refractivity (Wildman–Crippen MR) is 109 cm³/mol. The van der Waals surface area contributed by atoms with Crippen LogP contribution in [0.5, 0.6) is 0 Å². The van der Waals surface area contributed by atoms with Crippen LogP contribution in [-0.2, 0) is 27.8 Å². The standard InChI is InChI=1S/C19H21N5O3S2/c25-18(22-13-15-3-5-17(21-12-15)23-10-7-20-14-23)11-16-4-6-19(28-16)29(26,27)24-8-1-2-9-24/h3-7,10,12,14H,1-2,8-9,11,13H2,(H,22,25). The van der Waals surface area contributed by atoms with Crippen LogP contribution in [0.25, 0.3) is 5.82 Å². The molecular formula is C19H21N5O3S2. The van der Waals surface area contributed by atoms with E-state index in [4.69, 9.17) is 0 Å². The van der Waals surface area contributed by atoms with E-state index >= 15 is 0 Å². The number of amides is 1. The highest BCUT2D eigenvalue weighted by Gasteiger charge is 2.28.